The van der Waals surface area contributed by atoms with E-state index in [0.29, 0.717) is 0 Å². The number of thiophene rings is 1. The summed E-state index contributed by atoms with van der Waals surface area (Å²) in [6, 6.07) is 60.8. The van der Waals surface area contributed by atoms with Crippen LogP contribution in [0.1, 0.15) is 126 Å². The van der Waals surface area contributed by atoms with Crippen molar-refractivity contribution >= 4 is 101 Å². The fourth-order valence-corrected chi connectivity index (χ4v) is 17.5. The maximum Gasteiger partial charge on any atom is 0.268 e. The molecule has 5 heterocycles. The Morgan fingerprint density at radius 2 is 0.867 bits per heavy atom. The van der Waals surface area contributed by atoms with Crippen molar-refractivity contribution in [3.8, 4) is 45.3 Å². The van der Waals surface area contributed by atoms with Crippen LogP contribution in [0.3, 0.4) is 0 Å². The van der Waals surface area contributed by atoms with Gasteiger partial charge in [0.1, 0.15) is 23.0 Å². The molecule has 7 heteroatoms. The van der Waals surface area contributed by atoms with Crippen molar-refractivity contribution in [2.45, 2.75) is 130 Å². The number of hydrogen-bond donors (Lipinski definition) is 0. The van der Waals surface area contributed by atoms with E-state index in [-0.39, 0.29) is 35.1 Å². The summed E-state index contributed by atoms with van der Waals surface area (Å²) >= 11 is 1.94. The average Bonchev–Trinajstić information content (AvgIpc) is 2.99. The lowest BCUT2D eigenvalue weighted by Crippen LogP contribution is -2.62. The molecule has 16 rings (SSSR count). The van der Waals surface area contributed by atoms with Crippen LogP contribution in [0, 0.1) is 27.7 Å². The summed E-state index contributed by atoms with van der Waals surface area (Å²) in [5.41, 5.74) is 29.1. The summed E-state index contributed by atoms with van der Waals surface area (Å²) in [4.78, 5) is 5.19. The highest BCUT2D eigenvalue weighted by Crippen LogP contribution is 2.54. The van der Waals surface area contributed by atoms with Crippen LogP contribution in [0.2, 0.25) is 0 Å². The molecule has 0 radical (unpaired) electrons. The summed E-state index contributed by atoms with van der Waals surface area (Å²) < 4.78 is 17.8. The van der Waals surface area contributed by atoms with Crippen LogP contribution < -0.4 is 51.4 Å². The topological polar surface area (TPSA) is 24.9 Å². The van der Waals surface area contributed by atoms with E-state index < -0.39 is 0 Å². The first-order valence-corrected chi connectivity index (χ1v) is 31.1. The number of fused-ring (bicyclic) bond motifs is 12. The molecule has 0 N–H and O–H groups in total. The van der Waals surface area contributed by atoms with Crippen LogP contribution in [0.25, 0.3) is 32.3 Å². The minimum Gasteiger partial charge on any atom is -0.458 e. The summed E-state index contributed by atoms with van der Waals surface area (Å²) in [6.07, 6.45) is 4.64. The Hall–Kier alpha value is -7.73. The van der Waals surface area contributed by atoms with E-state index in [1.165, 1.54) is 145 Å². The Labute approximate surface area is 495 Å². The second-order valence-corrected chi connectivity index (χ2v) is 29.0. The van der Waals surface area contributed by atoms with E-state index in [4.69, 9.17) is 9.47 Å². The molecular formula is C76H70B2N2O2S. The van der Waals surface area contributed by atoms with Crippen LogP contribution in [0.4, 0.5) is 34.1 Å². The van der Waals surface area contributed by atoms with Gasteiger partial charge in [-0.1, -0.05) is 146 Å². The smallest absolute Gasteiger partial charge is 0.268 e. The lowest BCUT2D eigenvalue weighted by atomic mass is 9.32. The van der Waals surface area contributed by atoms with Crippen molar-refractivity contribution in [3.63, 3.8) is 0 Å². The molecule has 0 amide bonds. The van der Waals surface area contributed by atoms with Gasteiger partial charge in [0.2, 0.25) is 0 Å². The monoisotopic (exact) mass is 1100 g/mol. The van der Waals surface area contributed by atoms with Crippen LogP contribution >= 0.6 is 11.3 Å². The Morgan fingerprint density at radius 1 is 0.398 bits per heavy atom. The summed E-state index contributed by atoms with van der Waals surface area (Å²) in [6.45, 7) is 28.2. The molecule has 83 heavy (non-hydrogen) atoms. The van der Waals surface area contributed by atoms with E-state index in [2.05, 4.69) is 251 Å². The maximum absolute atomic E-state index is 7.59. The molecule has 0 saturated heterocycles. The van der Waals surface area contributed by atoms with Gasteiger partial charge >= 0.3 is 0 Å². The average molecular weight is 1100 g/mol. The number of ether oxygens (including phenoxy) is 2. The van der Waals surface area contributed by atoms with Gasteiger partial charge in [0.05, 0.1) is 5.69 Å². The first-order chi connectivity index (χ1) is 39.8. The standard InChI is InChI=1S/C76H70B2N2O2S/c1-43-19-17-20-44(2)67(43)47-35-60-69-64(37-47)81-62-42-63-58(41-57(62)77(69)56-24-14-15-25-59(56)79(60)49-27-29-52-54(39-49)75(9,10)33-31-73(52,5)6)78-70-61(36-48(38-65(70)82-63)68-45(3)21-18-22-46(68)4)80(71-51-23-13-16-26-66(51)83-72(71)78)50-28-30-53-55(40-50)76(11,12)34-32-74(53,7)8/h13-30,35-42H,31-34H2,1-12H3. The molecule has 0 saturated carbocycles. The highest BCUT2D eigenvalue weighted by atomic mass is 32.1. The summed E-state index contributed by atoms with van der Waals surface area (Å²) in [5, 5.41) is 1.28. The fraction of sp³-hybridized carbons (Fsp3) is 0.263. The molecule has 0 fully saturated rings. The number of aryl methyl sites for hydroxylation is 4. The number of para-hydroxylation sites is 1. The van der Waals surface area contributed by atoms with E-state index in [0.717, 1.165) is 47.0 Å². The van der Waals surface area contributed by atoms with Gasteiger partial charge < -0.3 is 19.3 Å². The fourth-order valence-electron chi connectivity index (χ4n) is 16.2. The van der Waals surface area contributed by atoms with Crippen molar-refractivity contribution in [2.75, 3.05) is 9.80 Å². The van der Waals surface area contributed by atoms with Crippen LogP contribution in [-0.4, -0.2) is 13.4 Å². The minimum absolute atomic E-state index is 0.0321. The number of benzene rings is 9. The highest BCUT2D eigenvalue weighted by molar-refractivity contribution is 7.33. The van der Waals surface area contributed by atoms with Crippen molar-refractivity contribution in [1.29, 1.82) is 0 Å². The van der Waals surface area contributed by atoms with Gasteiger partial charge in [0, 0.05) is 49.4 Å². The maximum atomic E-state index is 7.59. The molecule has 6 aliphatic rings. The van der Waals surface area contributed by atoms with Crippen LogP contribution in [-0.2, 0) is 21.7 Å². The van der Waals surface area contributed by atoms with Gasteiger partial charge in [-0.3, -0.25) is 0 Å². The predicted molar refractivity (Wildman–Crippen MR) is 354 cm³/mol. The number of rotatable bonds is 4. The third kappa shape index (κ3) is 7.32. The van der Waals surface area contributed by atoms with E-state index in [9.17, 15) is 0 Å². The van der Waals surface area contributed by atoms with E-state index in [1.54, 1.807) is 0 Å². The molecule has 1 aromatic heterocycles. The third-order valence-corrected chi connectivity index (χ3v) is 22.0. The molecule has 9 aromatic carbocycles. The first-order valence-electron chi connectivity index (χ1n) is 30.3. The van der Waals surface area contributed by atoms with E-state index >= 15 is 0 Å². The van der Waals surface area contributed by atoms with Crippen molar-refractivity contribution in [1.82, 2.24) is 0 Å². The number of anilines is 6. The van der Waals surface area contributed by atoms with Crippen molar-refractivity contribution in [3.05, 3.63) is 202 Å². The first kappa shape index (κ1) is 51.0. The highest BCUT2D eigenvalue weighted by Gasteiger charge is 2.49. The molecule has 4 aliphatic heterocycles. The second kappa shape index (κ2) is 17.4. The van der Waals surface area contributed by atoms with Gasteiger partial charge in [0.25, 0.3) is 13.4 Å². The molecule has 0 atom stereocenters. The number of hydrogen-bond acceptors (Lipinski definition) is 5. The number of nitrogens with zero attached hydrogens (tertiary/aromatic N) is 2. The Kier molecular flexibility index (Phi) is 10.7. The largest absolute Gasteiger partial charge is 0.458 e. The van der Waals surface area contributed by atoms with Gasteiger partial charge in [-0.05, 0) is 230 Å². The SMILES string of the molecule is Cc1cccc(C)c1-c1cc2c3c(c1)N(c1ccc4c(c1)C(C)(C)CCC4(C)C)c1ccccc1B3c1cc3c(cc1O2)Oc1cc(-c2c(C)cccc2C)cc2c1B3c1sc3ccccc3c1N2c1ccc2c(c1)C(C)(C)CCC2(C)C. The molecule has 408 valence electrons. The zero-order valence-electron chi connectivity index (χ0n) is 50.1. The molecule has 10 aromatic rings. The van der Waals surface area contributed by atoms with Crippen LogP contribution in [0.15, 0.2) is 158 Å². The Bertz CT molecular complexity index is 4460. The zero-order chi connectivity index (χ0) is 57.0. The quantitative estimate of drug-likeness (QED) is 0.164. The third-order valence-electron chi connectivity index (χ3n) is 20.8. The normalized spacial score (nSPS) is 17.4. The van der Waals surface area contributed by atoms with Gasteiger partial charge in [-0.25, -0.2) is 0 Å². The zero-order valence-corrected chi connectivity index (χ0v) is 50.9. The van der Waals surface area contributed by atoms with Crippen LogP contribution in [0.5, 0.6) is 23.0 Å². The van der Waals surface area contributed by atoms with Gasteiger partial charge in [0.15, 0.2) is 0 Å². The molecule has 0 spiro atoms. The summed E-state index contributed by atoms with van der Waals surface area (Å²) in [5.74, 6) is 3.48. The molecular weight excluding hydrogens is 1030 g/mol. The lowest BCUT2D eigenvalue weighted by Gasteiger charge is -2.44. The predicted octanol–water partition coefficient (Wildman–Crippen LogP) is 17.0. The molecule has 0 bridgehead atoms. The lowest BCUT2D eigenvalue weighted by molar-refractivity contribution is 0.332. The Morgan fingerprint density at radius 3 is 1.43 bits per heavy atom. The van der Waals surface area contributed by atoms with Gasteiger partial charge in [-0.2, -0.15) is 0 Å². The minimum atomic E-state index is -0.112. The molecule has 4 nitrogen and oxygen atoms in total. The molecule has 2 aliphatic carbocycles. The Balaban J connectivity index is 0.946. The van der Waals surface area contributed by atoms with E-state index in [1.807, 2.05) is 11.3 Å². The van der Waals surface area contributed by atoms with Crippen molar-refractivity contribution < 1.29 is 9.47 Å². The van der Waals surface area contributed by atoms with Crippen molar-refractivity contribution in [2.24, 2.45) is 0 Å². The summed E-state index contributed by atoms with van der Waals surface area (Å²) in [7, 11) is 0. The molecule has 0 unspecified atom stereocenters. The second-order valence-electron chi connectivity index (χ2n) is 27.9. The van der Waals surface area contributed by atoms with Gasteiger partial charge in [-0.15, -0.1) is 11.3 Å².